The number of anilines is 1. The largest absolute Gasteiger partial charge is 0.355 e. The summed E-state index contributed by atoms with van der Waals surface area (Å²) >= 11 is 3.70. The van der Waals surface area contributed by atoms with Gasteiger partial charge < -0.3 is 10.2 Å². The Bertz CT molecular complexity index is 443. The van der Waals surface area contributed by atoms with Gasteiger partial charge in [-0.2, -0.15) is 0 Å². The molecule has 3 heterocycles. The number of aryl methyl sites for hydroxylation is 1. The molecular weight excluding hydrogens is 302 g/mol. The number of rotatable bonds is 2. The normalized spacial score (nSPS) is 27.8. The Balaban J connectivity index is 1.75. The van der Waals surface area contributed by atoms with Gasteiger partial charge in [-0.25, -0.2) is 4.98 Å². The van der Waals surface area contributed by atoms with Gasteiger partial charge in [0.05, 0.1) is 4.47 Å². The summed E-state index contributed by atoms with van der Waals surface area (Å²) in [5, 5.41) is 3.67. The first-order valence-corrected chi connectivity index (χ1v) is 8.14. The number of aromatic nitrogens is 1. The molecule has 1 aromatic rings. The van der Waals surface area contributed by atoms with E-state index < -0.39 is 0 Å². The monoisotopic (exact) mass is 323 g/mol. The van der Waals surface area contributed by atoms with E-state index in [0.29, 0.717) is 0 Å². The van der Waals surface area contributed by atoms with Crippen molar-refractivity contribution in [3.8, 4) is 0 Å². The Hall–Kier alpha value is -0.610. The lowest BCUT2D eigenvalue weighted by Crippen LogP contribution is -2.44. The Morgan fingerprint density at radius 3 is 3.05 bits per heavy atom. The second-order valence-electron chi connectivity index (χ2n) is 5.82. The highest BCUT2D eigenvalue weighted by molar-refractivity contribution is 9.10. The molecular formula is C15H22BrN3. The predicted molar refractivity (Wildman–Crippen MR) is 82.6 cm³/mol. The van der Waals surface area contributed by atoms with E-state index in [9.17, 15) is 0 Å². The van der Waals surface area contributed by atoms with E-state index in [1.807, 2.05) is 6.20 Å². The lowest BCUT2D eigenvalue weighted by Gasteiger charge is -2.37. The first kappa shape index (κ1) is 13.4. The topological polar surface area (TPSA) is 28.2 Å². The second kappa shape index (κ2) is 5.80. The van der Waals surface area contributed by atoms with E-state index in [4.69, 9.17) is 0 Å². The molecule has 0 radical (unpaired) electrons. The van der Waals surface area contributed by atoms with Gasteiger partial charge in [0.25, 0.3) is 0 Å². The maximum atomic E-state index is 4.58. The summed E-state index contributed by atoms with van der Waals surface area (Å²) in [6.07, 6.45) is 7.25. The first-order chi connectivity index (χ1) is 9.25. The van der Waals surface area contributed by atoms with Gasteiger partial charge in [-0.05, 0) is 72.6 Å². The third-order valence-corrected chi connectivity index (χ3v) is 5.47. The molecule has 4 heteroatoms. The highest BCUT2D eigenvalue weighted by Gasteiger charge is 2.30. The Morgan fingerprint density at radius 2 is 2.26 bits per heavy atom. The minimum atomic E-state index is 0.728. The van der Waals surface area contributed by atoms with Crippen LogP contribution in [-0.4, -0.2) is 30.7 Å². The highest BCUT2D eigenvalue weighted by Crippen LogP contribution is 2.32. The number of nitrogens with one attached hydrogen (secondary N) is 1. The van der Waals surface area contributed by atoms with Crippen LogP contribution in [-0.2, 0) is 0 Å². The zero-order chi connectivity index (χ0) is 13.2. The maximum absolute atomic E-state index is 4.58. The van der Waals surface area contributed by atoms with Crippen molar-refractivity contribution < 1.29 is 0 Å². The van der Waals surface area contributed by atoms with Crippen LogP contribution in [0, 0.1) is 12.8 Å². The summed E-state index contributed by atoms with van der Waals surface area (Å²) in [4.78, 5) is 7.05. The quantitative estimate of drug-likeness (QED) is 0.906. The molecule has 2 unspecified atom stereocenters. The Morgan fingerprint density at radius 1 is 1.37 bits per heavy atom. The molecule has 0 aliphatic carbocycles. The second-order valence-corrected chi connectivity index (χ2v) is 6.61. The zero-order valence-electron chi connectivity index (χ0n) is 11.5. The van der Waals surface area contributed by atoms with Gasteiger partial charge in [0.1, 0.15) is 5.82 Å². The SMILES string of the molecule is Cc1ccnc(N2CCCC(C3CCCN3)C2)c1Br. The first-order valence-electron chi connectivity index (χ1n) is 7.35. The molecule has 0 aromatic carbocycles. The van der Waals surface area contributed by atoms with Crippen molar-refractivity contribution in [2.75, 3.05) is 24.5 Å². The molecule has 2 saturated heterocycles. The van der Waals surface area contributed by atoms with Crippen LogP contribution >= 0.6 is 15.9 Å². The molecule has 1 aromatic heterocycles. The van der Waals surface area contributed by atoms with Gasteiger partial charge in [-0.15, -0.1) is 0 Å². The van der Waals surface area contributed by atoms with Crippen LogP contribution in [0.15, 0.2) is 16.7 Å². The van der Waals surface area contributed by atoms with Crippen molar-refractivity contribution in [3.05, 3.63) is 22.3 Å². The van der Waals surface area contributed by atoms with Gasteiger partial charge in [0.2, 0.25) is 0 Å². The van der Waals surface area contributed by atoms with Crippen molar-refractivity contribution >= 4 is 21.7 Å². The van der Waals surface area contributed by atoms with E-state index in [-0.39, 0.29) is 0 Å². The van der Waals surface area contributed by atoms with Gasteiger partial charge in [-0.3, -0.25) is 0 Å². The van der Waals surface area contributed by atoms with Crippen LogP contribution < -0.4 is 10.2 Å². The fourth-order valence-corrected chi connectivity index (χ4v) is 3.88. The molecule has 2 aliphatic heterocycles. The molecule has 3 nitrogen and oxygen atoms in total. The summed E-state index contributed by atoms with van der Waals surface area (Å²) in [6.45, 7) is 5.62. The van der Waals surface area contributed by atoms with Crippen molar-refractivity contribution in [1.29, 1.82) is 0 Å². The highest BCUT2D eigenvalue weighted by atomic mass is 79.9. The van der Waals surface area contributed by atoms with Crippen molar-refractivity contribution in [1.82, 2.24) is 10.3 Å². The van der Waals surface area contributed by atoms with E-state index in [0.717, 1.165) is 35.3 Å². The molecule has 2 fully saturated rings. The van der Waals surface area contributed by atoms with E-state index in [2.05, 4.69) is 44.1 Å². The standard InChI is InChI=1S/C15H22BrN3/c1-11-6-8-18-15(14(11)16)19-9-3-4-12(10-19)13-5-2-7-17-13/h6,8,12-13,17H,2-5,7,9-10H2,1H3. The van der Waals surface area contributed by atoms with E-state index >= 15 is 0 Å². The molecule has 3 rings (SSSR count). The lowest BCUT2D eigenvalue weighted by atomic mass is 9.90. The van der Waals surface area contributed by atoms with Gasteiger partial charge in [0.15, 0.2) is 0 Å². The Labute approximate surface area is 123 Å². The molecule has 19 heavy (non-hydrogen) atoms. The predicted octanol–water partition coefficient (Wildman–Crippen LogP) is 3.12. The maximum Gasteiger partial charge on any atom is 0.143 e. The number of pyridine rings is 1. The average molecular weight is 324 g/mol. The molecule has 0 amide bonds. The van der Waals surface area contributed by atoms with Crippen LogP contribution in [0.4, 0.5) is 5.82 Å². The number of nitrogens with zero attached hydrogens (tertiary/aromatic N) is 2. The summed E-state index contributed by atoms with van der Waals surface area (Å²) in [5.41, 5.74) is 1.27. The molecule has 104 valence electrons. The molecule has 0 spiro atoms. The smallest absolute Gasteiger partial charge is 0.143 e. The van der Waals surface area contributed by atoms with Gasteiger partial charge in [0, 0.05) is 25.3 Å². The molecule has 0 saturated carbocycles. The fourth-order valence-electron chi connectivity index (χ4n) is 3.39. The van der Waals surface area contributed by atoms with Crippen LogP contribution in [0.5, 0.6) is 0 Å². The van der Waals surface area contributed by atoms with Gasteiger partial charge >= 0.3 is 0 Å². The molecule has 1 N–H and O–H groups in total. The van der Waals surface area contributed by atoms with Crippen LogP contribution in [0.3, 0.4) is 0 Å². The average Bonchev–Trinajstić information content (AvgIpc) is 2.96. The minimum Gasteiger partial charge on any atom is -0.355 e. The molecule has 2 aliphatic rings. The Kier molecular flexibility index (Phi) is 4.08. The van der Waals surface area contributed by atoms with Crippen molar-refractivity contribution in [3.63, 3.8) is 0 Å². The van der Waals surface area contributed by atoms with Crippen LogP contribution in [0.2, 0.25) is 0 Å². The number of hydrogen-bond donors (Lipinski definition) is 1. The summed E-state index contributed by atoms with van der Waals surface area (Å²) in [7, 11) is 0. The zero-order valence-corrected chi connectivity index (χ0v) is 13.1. The number of piperidine rings is 1. The molecule has 2 atom stereocenters. The van der Waals surface area contributed by atoms with Gasteiger partial charge in [-0.1, -0.05) is 0 Å². The van der Waals surface area contributed by atoms with E-state index in [1.54, 1.807) is 0 Å². The third kappa shape index (κ3) is 2.79. The van der Waals surface area contributed by atoms with Crippen molar-refractivity contribution in [2.45, 2.75) is 38.6 Å². The van der Waals surface area contributed by atoms with Crippen LogP contribution in [0.1, 0.15) is 31.2 Å². The summed E-state index contributed by atoms with van der Waals surface area (Å²) in [5.74, 6) is 1.91. The third-order valence-electron chi connectivity index (χ3n) is 4.49. The minimum absolute atomic E-state index is 0.728. The summed E-state index contributed by atoms with van der Waals surface area (Å²) < 4.78 is 1.16. The number of hydrogen-bond acceptors (Lipinski definition) is 3. The van der Waals surface area contributed by atoms with Crippen LogP contribution in [0.25, 0.3) is 0 Å². The number of halogens is 1. The van der Waals surface area contributed by atoms with E-state index in [1.165, 1.54) is 37.8 Å². The van der Waals surface area contributed by atoms with Crippen molar-refractivity contribution in [2.24, 2.45) is 5.92 Å². The molecule has 0 bridgehead atoms. The lowest BCUT2D eigenvalue weighted by molar-refractivity contribution is 0.327. The fraction of sp³-hybridized carbons (Fsp3) is 0.667. The summed E-state index contributed by atoms with van der Waals surface area (Å²) in [6, 6.07) is 2.79.